The molecular weight excluding hydrogens is 747 g/mol. The fourth-order valence-corrected chi connectivity index (χ4v) is 9.89. The molecule has 0 spiro atoms. The lowest BCUT2D eigenvalue weighted by Crippen LogP contribution is -2.28. The van der Waals surface area contributed by atoms with Gasteiger partial charge in [0.25, 0.3) is 0 Å². The Kier molecular flexibility index (Phi) is 9.48. The number of nitrogens with zero attached hydrogens (tertiary/aromatic N) is 1. The highest BCUT2D eigenvalue weighted by molar-refractivity contribution is 6.02. The first kappa shape index (κ1) is 37.0. The average Bonchev–Trinajstić information content (AvgIpc) is 3.66. The van der Waals surface area contributed by atoms with Crippen molar-refractivity contribution in [2.45, 2.75) is 5.41 Å². The molecule has 0 bridgehead atoms. The zero-order valence-electron chi connectivity index (χ0n) is 34.3. The van der Waals surface area contributed by atoms with Crippen LogP contribution in [0.15, 0.2) is 261 Å². The van der Waals surface area contributed by atoms with Crippen LogP contribution < -0.4 is 4.90 Å². The second kappa shape index (κ2) is 15.9. The summed E-state index contributed by atoms with van der Waals surface area (Å²) in [4.78, 5) is 2.50. The third-order valence-corrected chi connectivity index (χ3v) is 12.6. The topological polar surface area (TPSA) is 3.24 Å². The fraction of sp³-hybridized carbons (Fsp3) is 0.0164. The van der Waals surface area contributed by atoms with Crippen molar-refractivity contribution in [2.24, 2.45) is 0 Å². The summed E-state index contributed by atoms with van der Waals surface area (Å²) in [6.07, 6.45) is 0. The molecule has 292 valence electrons. The van der Waals surface area contributed by atoms with E-state index in [1.807, 2.05) is 0 Å². The zero-order chi connectivity index (χ0) is 41.3. The van der Waals surface area contributed by atoms with Gasteiger partial charge in [-0.1, -0.05) is 231 Å². The van der Waals surface area contributed by atoms with Crippen molar-refractivity contribution in [3.8, 4) is 55.6 Å². The maximum absolute atomic E-state index is 2.50. The minimum atomic E-state index is -0.545. The summed E-state index contributed by atoms with van der Waals surface area (Å²) in [7, 11) is 0. The molecule has 0 atom stereocenters. The molecule has 62 heavy (non-hydrogen) atoms. The Morgan fingerprint density at radius 1 is 0.258 bits per heavy atom. The van der Waals surface area contributed by atoms with Crippen LogP contribution in [-0.2, 0) is 5.41 Å². The molecule has 0 aromatic heterocycles. The Balaban J connectivity index is 1.24. The summed E-state index contributed by atoms with van der Waals surface area (Å²) >= 11 is 0. The summed E-state index contributed by atoms with van der Waals surface area (Å²) < 4.78 is 0. The van der Waals surface area contributed by atoms with E-state index in [-0.39, 0.29) is 0 Å². The fourth-order valence-electron chi connectivity index (χ4n) is 9.89. The summed E-state index contributed by atoms with van der Waals surface area (Å²) in [5, 5.41) is 0. The molecule has 0 N–H and O–H groups in total. The van der Waals surface area contributed by atoms with Gasteiger partial charge in [-0.15, -0.1) is 0 Å². The predicted octanol–water partition coefficient (Wildman–Crippen LogP) is 16.2. The lowest BCUT2D eigenvalue weighted by atomic mass is 9.67. The molecule has 1 nitrogen and oxygen atoms in total. The standard InChI is InChI=1S/C61H43N/c1-6-22-44(23-7-1)47-28-20-33-50(42-47)62(59-39-21-37-53(46-26-10-3-11-27-46)60(59)56-36-17-16-34-52(56)45-24-8-2-9-25-45)51-40-41-55-54-35-18-19-38-57(54)61(58(55)43-51,48-29-12-4-13-30-48)49-31-14-5-15-32-49/h1-43H. The molecule has 0 heterocycles. The summed E-state index contributed by atoms with van der Waals surface area (Å²) in [5.41, 5.74) is 19.7. The monoisotopic (exact) mass is 789 g/mol. The van der Waals surface area contributed by atoms with E-state index in [0.29, 0.717) is 0 Å². The van der Waals surface area contributed by atoms with Crippen molar-refractivity contribution in [3.05, 3.63) is 283 Å². The van der Waals surface area contributed by atoms with Crippen molar-refractivity contribution >= 4 is 17.1 Å². The van der Waals surface area contributed by atoms with Gasteiger partial charge in [0, 0.05) is 16.9 Å². The van der Waals surface area contributed by atoms with Crippen LogP contribution in [0, 0.1) is 0 Å². The van der Waals surface area contributed by atoms with Crippen LogP contribution in [0.3, 0.4) is 0 Å². The van der Waals surface area contributed by atoms with Gasteiger partial charge >= 0.3 is 0 Å². The Morgan fingerprint density at radius 3 is 1.35 bits per heavy atom. The van der Waals surface area contributed by atoms with Crippen molar-refractivity contribution in [1.29, 1.82) is 0 Å². The molecule has 11 rings (SSSR count). The first-order valence-electron chi connectivity index (χ1n) is 21.4. The summed E-state index contributed by atoms with van der Waals surface area (Å²) in [6.45, 7) is 0. The Morgan fingerprint density at radius 2 is 0.710 bits per heavy atom. The first-order chi connectivity index (χ1) is 30.8. The highest BCUT2D eigenvalue weighted by Gasteiger charge is 2.46. The van der Waals surface area contributed by atoms with E-state index in [1.54, 1.807) is 0 Å². The zero-order valence-corrected chi connectivity index (χ0v) is 34.3. The second-order valence-corrected chi connectivity index (χ2v) is 16.0. The van der Waals surface area contributed by atoms with Crippen LogP contribution in [0.5, 0.6) is 0 Å². The minimum absolute atomic E-state index is 0.545. The van der Waals surface area contributed by atoms with Gasteiger partial charge < -0.3 is 4.90 Å². The van der Waals surface area contributed by atoms with Crippen LogP contribution in [0.25, 0.3) is 55.6 Å². The first-order valence-corrected chi connectivity index (χ1v) is 21.4. The quantitative estimate of drug-likeness (QED) is 0.141. The van der Waals surface area contributed by atoms with Gasteiger partial charge in [-0.25, -0.2) is 0 Å². The third kappa shape index (κ3) is 6.26. The number of anilines is 3. The van der Waals surface area contributed by atoms with Crippen LogP contribution in [0.2, 0.25) is 0 Å². The Bertz CT molecular complexity index is 3120. The van der Waals surface area contributed by atoms with Gasteiger partial charge in [-0.05, 0) is 103 Å². The molecule has 0 fully saturated rings. The number of fused-ring (bicyclic) bond motifs is 3. The number of benzene rings is 10. The third-order valence-electron chi connectivity index (χ3n) is 12.6. The van der Waals surface area contributed by atoms with E-state index >= 15 is 0 Å². The molecule has 0 unspecified atom stereocenters. The van der Waals surface area contributed by atoms with Gasteiger partial charge in [0.05, 0.1) is 11.1 Å². The maximum Gasteiger partial charge on any atom is 0.0714 e. The largest absolute Gasteiger partial charge is 0.310 e. The average molecular weight is 790 g/mol. The molecule has 1 aliphatic carbocycles. The normalized spacial score (nSPS) is 12.3. The van der Waals surface area contributed by atoms with E-state index < -0.39 is 5.41 Å². The molecule has 0 amide bonds. The van der Waals surface area contributed by atoms with Crippen molar-refractivity contribution in [3.63, 3.8) is 0 Å². The van der Waals surface area contributed by atoms with E-state index in [9.17, 15) is 0 Å². The number of hydrogen-bond donors (Lipinski definition) is 0. The predicted molar refractivity (Wildman–Crippen MR) is 260 cm³/mol. The Hall–Kier alpha value is -8.00. The van der Waals surface area contributed by atoms with Gasteiger partial charge in [0.2, 0.25) is 0 Å². The molecule has 10 aromatic rings. The van der Waals surface area contributed by atoms with Crippen molar-refractivity contribution < 1.29 is 0 Å². The van der Waals surface area contributed by atoms with Crippen LogP contribution in [-0.4, -0.2) is 0 Å². The SMILES string of the molecule is c1ccc(-c2cccc(N(c3ccc4c(c3)C(c3ccccc3)(c3ccccc3)c3ccccc3-4)c3cccc(-c4ccccc4)c3-c3ccccc3-c3ccccc3)c2)cc1. The van der Waals surface area contributed by atoms with E-state index in [2.05, 4.69) is 266 Å². The van der Waals surface area contributed by atoms with Crippen LogP contribution in [0.4, 0.5) is 17.1 Å². The highest BCUT2D eigenvalue weighted by atomic mass is 15.1. The summed E-state index contributed by atoms with van der Waals surface area (Å²) in [6, 6.07) is 95.4. The van der Waals surface area contributed by atoms with Gasteiger partial charge in [0.1, 0.15) is 0 Å². The van der Waals surface area contributed by atoms with Crippen LogP contribution in [0.1, 0.15) is 22.3 Å². The maximum atomic E-state index is 2.50. The van der Waals surface area contributed by atoms with Crippen LogP contribution >= 0.6 is 0 Å². The van der Waals surface area contributed by atoms with Crippen molar-refractivity contribution in [1.82, 2.24) is 0 Å². The number of rotatable bonds is 9. The Labute approximate surface area is 364 Å². The molecular formula is C61H43N. The van der Waals surface area contributed by atoms with Gasteiger partial charge in [-0.3, -0.25) is 0 Å². The molecule has 0 saturated heterocycles. The second-order valence-electron chi connectivity index (χ2n) is 16.0. The summed E-state index contributed by atoms with van der Waals surface area (Å²) in [5.74, 6) is 0. The smallest absolute Gasteiger partial charge is 0.0714 e. The van der Waals surface area contributed by atoms with Crippen molar-refractivity contribution in [2.75, 3.05) is 4.90 Å². The molecule has 0 radical (unpaired) electrons. The number of hydrogen-bond acceptors (Lipinski definition) is 1. The lowest BCUT2D eigenvalue weighted by molar-refractivity contribution is 0.768. The van der Waals surface area contributed by atoms with E-state index in [0.717, 1.165) is 22.6 Å². The lowest BCUT2D eigenvalue weighted by Gasteiger charge is -2.35. The molecule has 1 aliphatic rings. The minimum Gasteiger partial charge on any atom is -0.310 e. The molecule has 10 aromatic carbocycles. The van der Waals surface area contributed by atoms with Gasteiger partial charge in [-0.2, -0.15) is 0 Å². The van der Waals surface area contributed by atoms with Gasteiger partial charge in [0.15, 0.2) is 0 Å². The molecule has 0 aliphatic heterocycles. The highest BCUT2D eigenvalue weighted by Crippen LogP contribution is 2.58. The molecule has 0 saturated carbocycles. The van der Waals surface area contributed by atoms with E-state index in [1.165, 1.54) is 72.3 Å². The van der Waals surface area contributed by atoms with E-state index in [4.69, 9.17) is 0 Å². The molecule has 1 heteroatoms.